The van der Waals surface area contributed by atoms with Crippen molar-refractivity contribution in [3.63, 3.8) is 0 Å². The van der Waals surface area contributed by atoms with Crippen LogP contribution in [0.5, 0.6) is 11.5 Å². The number of nitrogens with one attached hydrogen (secondary N) is 2. The van der Waals surface area contributed by atoms with Gasteiger partial charge in [-0.05, 0) is 69.2 Å². The molecule has 0 aliphatic carbocycles. The first-order valence-corrected chi connectivity index (χ1v) is 11.0. The molecule has 0 saturated heterocycles. The van der Waals surface area contributed by atoms with Gasteiger partial charge in [0.1, 0.15) is 30.3 Å². The fourth-order valence-corrected chi connectivity index (χ4v) is 3.06. The first kappa shape index (κ1) is 24.0. The summed E-state index contributed by atoms with van der Waals surface area (Å²) < 4.78 is 16.9. The van der Waals surface area contributed by atoms with Crippen LogP contribution < -0.4 is 20.1 Å². The number of hydrogen-bond donors (Lipinski definition) is 2. The first-order chi connectivity index (χ1) is 15.8. The Morgan fingerprint density at radius 1 is 0.879 bits per heavy atom. The van der Waals surface area contributed by atoms with Crippen LogP contribution in [0.3, 0.4) is 0 Å². The standard InChI is InChI=1S/C27H32N2O4/c1-20-17-24(32-19-21-9-6-5-7-10-21)13-14-25(20)29-22-11-8-12-23(18-22)31-16-15-28-26(30)33-27(2,3)4/h5-14,17-18,29H,15-16,19H2,1-4H3,(H,28,30). The zero-order chi connectivity index (χ0) is 23.7. The highest BCUT2D eigenvalue weighted by Crippen LogP contribution is 2.27. The Labute approximate surface area is 195 Å². The maximum Gasteiger partial charge on any atom is 0.407 e. The summed E-state index contributed by atoms with van der Waals surface area (Å²) in [5, 5.41) is 6.11. The maximum absolute atomic E-state index is 11.7. The minimum Gasteiger partial charge on any atom is -0.492 e. The Morgan fingerprint density at radius 2 is 1.64 bits per heavy atom. The molecule has 3 rings (SSSR count). The third-order valence-corrected chi connectivity index (χ3v) is 4.60. The van der Waals surface area contributed by atoms with Crippen molar-refractivity contribution < 1.29 is 19.0 Å². The Kier molecular flexibility index (Phi) is 8.19. The Morgan fingerprint density at radius 3 is 2.36 bits per heavy atom. The molecule has 0 fully saturated rings. The minimum atomic E-state index is -0.519. The van der Waals surface area contributed by atoms with E-state index >= 15 is 0 Å². The van der Waals surface area contributed by atoms with E-state index in [2.05, 4.69) is 10.6 Å². The molecule has 0 unspecified atom stereocenters. The summed E-state index contributed by atoms with van der Waals surface area (Å²) >= 11 is 0. The van der Waals surface area contributed by atoms with Gasteiger partial charge in [0, 0.05) is 17.4 Å². The van der Waals surface area contributed by atoms with Crippen LogP contribution >= 0.6 is 0 Å². The quantitative estimate of drug-likeness (QED) is 0.380. The zero-order valence-corrected chi connectivity index (χ0v) is 19.7. The Hall–Kier alpha value is -3.67. The topological polar surface area (TPSA) is 68.8 Å². The van der Waals surface area contributed by atoms with Gasteiger partial charge in [-0.15, -0.1) is 0 Å². The van der Waals surface area contributed by atoms with Crippen LogP contribution in [0, 0.1) is 6.92 Å². The number of hydrogen-bond acceptors (Lipinski definition) is 5. The Balaban J connectivity index is 1.49. The predicted molar refractivity (Wildman–Crippen MR) is 131 cm³/mol. The van der Waals surface area contributed by atoms with Gasteiger partial charge in [0.25, 0.3) is 0 Å². The molecular formula is C27H32N2O4. The van der Waals surface area contributed by atoms with Crippen LogP contribution in [0.1, 0.15) is 31.9 Å². The van der Waals surface area contributed by atoms with Crippen LogP contribution in [0.15, 0.2) is 72.8 Å². The number of carbonyl (C=O) groups excluding carboxylic acids is 1. The number of aryl methyl sites for hydroxylation is 1. The van der Waals surface area contributed by atoms with Gasteiger partial charge in [-0.25, -0.2) is 4.79 Å². The Bertz CT molecular complexity index is 1050. The van der Waals surface area contributed by atoms with Gasteiger partial charge in [-0.2, -0.15) is 0 Å². The third kappa shape index (κ3) is 8.41. The highest BCUT2D eigenvalue weighted by Gasteiger charge is 2.15. The van der Waals surface area contributed by atoms with E-state index in [1.165, 1.54) is 0 Å². The number of carbonyl (C=O) groups is 1. The highest BCUT2D eigenvalue weighted by molar-refractivity contribution is 5.67. The van der Waals surface area contributed by atoms with E-state index in [9.17, 15) is 4.79 Å². The van der Waals surface area contributed by atoms with E-state index in [-0.39, 0.29) is 0 Å². The van der Waals surface area contributed by atoms with Crippen molar-refractivity contribution in [2.45, 2.75) is 39.9 Å². The molecule has 6 nitrogen and oxygen atoms in total. The van der Waals surface area contributed by atoms with Crippen molar-refractivity contribution >= 4 is 17.5 Å². The molecule has 0 aliphatic rings. The monoisotopic (exact) mass is 448 g/mol. The molecule has 2 N–H and O–H groups in total. The smallest absolute Gasteiger partial charge is 0.407 e. The van der Waals surface area contributed by atoms with Crippen molar-refractivity contribution in [2.24, 2.45) is 0 Å². The van der Waals surface area contributed by atoms with E-state index in [1.54, 1.807) is 0 Å². The summed E-state index contributed by atoms with van der Waals surface area (Å²) in [6, 6.07) is 23.8. The number of benzene rings is 3. The molecule has 0 radical (unpaired) electrons. The van der Waals surface area contributed by atoms with E-state index in [1.807, 2.05) is 100 Å². The summed E-state index contributed by atoms with van der Waals surface area (Å²) in [5.74, 6) is 1.54. The van der Waals surface area contributed by atoms with Crippen molar-refractivity contribution in [2.75, 3.05) is 18.5 Å². The molecule has 3 aromatic carbocycles. The minimum absolute atomic E-state index is 0.342. The lowest BCUT2D eigenvalue weighted by molar-refractivity contribution is 0.0520. The molecule has 33 heavy (non-hydrogen) atoms. The summed E-state index contributed by atoms with van der Waals surface area (Å²) in [6.45, 7) is 8.76. The van der Waals surface area contributed by atoms with Crippen LogP contribution in [0.2, 0.25) is 0 Å². The van der Waals surface area contributed by atoms with Crippen LogP contribution in [0.25, 0.3) is 0 Å². The maximum atomic E-state index is 11.7. The second-order valence-corrected chi connectivity index (χ2v) is 8.68. The second-order valence-electron chi connectivity index (χ2n) is 8.68. The third-order valence-electron chi connectivity index (χ3n) is 4.60. The molecular weight excluding hydrogens is 416 g/mol. The number of ether oxygens (including phenoxy) is 3. The van der Waals surface area contributed by atoms with E-state index in [0.717, 1.165) is 28.3 Å². The number of amides is 1. The second kappa shape index (κ2) is 11.3. The molecule has 0 bridgehead atoms. The average molecular weight is 449 g/mol. The lowest BCUT2D eigenvalue weighted by atomic mass is 10.1. The number of anilines is 2. The van der Waals surface area contributed by atoms with Crippen molar-refractivity contribution in [3.8, 4) is 11.5 Å². The lowest BCUT2D eigenvalue weighted by Gasteiger charge is -2.19. The van der Waals surface area contributed by atoms with Gasteiger partial charge < -0.3 is 24.8 Å². The van der Waals surface area contributed by atoms with E-state index in [0.29, 0.717) is 25.5 Å². The summed E-state index contributed by atoms with van der Waals surface area (Å²) in [4.78, 5) is 11.7. The zero-order valence-electron chi connectivity index (χ0n) is 19.7. The van der Waals surface area contributed by atoms with Crippen LogP contribution in [0.4, 0.5) is 16.2 Å². The molecule has 0 spiro atoms. The molecule has 0 aromatic heterocycles. The molecule has 6 heteroatoms. The van der Waals surface area contributed by atoms with Crippen LogP contribution in [-0.4, -0.2) is 24.8 Å². The van der Waals surface area contributed by atoms with Gasteiger partial charge >= 0.3 is 6.09 Å². The van der Waals surface area contributed by atoms with Gasteiger partial charge in [0.2, 0.25) is 0 Å². The van der Waals surface area contributed by atoms with E-state index in [4.69, 9.17) is 14.2 Å². The summed E-state index contributed by atoms with van der Waals surface area (Å²) in [7, 11) is 0. The average Bonchev–Trinajstić information content (AvgIpc) is 2.77. The largest absolute Gasteiger partial charge is 0.492 e. The summed E-state index contributed by atoms with van der Waals surface area (Å²) in [6.07, 6.45) is -0.451. The normalized spacial score (nSPS) is 10.9. The predicted octanol–water partition coefficient (Wildman–Crippen LogP) is 6.22. The molecule has 0 saturated carbocycles. The van der Waals surface area contributed by atoms with E-state index < -0.39 is 11.7 Å². The van der Waals surface area contributed by atoms with Gasteiger partial charge in [-0.1, -0.05) is 36.4 Å². The van der Waals surface area contributed by atoms with Crippen LogP contribution in [-0.2, 0) is 11.3 Å². The molecule has 0 heterocycles. The SMILES string of the molecule is Cc1cc(OCc2ccccc2)ccc1Nc1cccc(OCCNC(=O)OC(C)(C)C)c1. The molecule has 174 valence electrons. The fourth-order valence-electron chi connectivity index (χ4n) is 3.06. The van der Waals surface area contributed by atoms with Crippen molar-refractivity contribution in [1.82, 2.24) is 5.32 Å². The molecule has 0 atom stereocenters. The van der Waals surface area contributed by atoms with Gasteiger partial charge in [0.15, 0.2) is 0 Å². The lowest BCUT2D eigenvalue weighted by Crippen LogP contribution is -2.34. The highest BCUT2D eigenvalue weighted by atomic mass is 16.6. The first-order valence-electron chi connectivity index (χ1n) is 11.0. The van der Waals surface area contributed by atoms with Gasteiger partial charge in [0.05, 0.1) is 6.54 Å². The van der Waals surface area contributed by atoms with Crippen molar-refractivity contribution in [1.29, 1.82) is 0 Å². The van der Waals surface area contributed by atoms with Crippen molar-refractivity contribution in [3.05, 3.63) is 83.9 Å². The molecule has 1 amide bonds. The molecule has 0 aliphatic heterocycles. The van der Waals surface area contributed by atoms with Gasteiger partial charge in [-0.3, -0.25) is 0 Å². The fraction of sp³-hybridized carbons (Fsp3) is 0.296. The summed E-state index contributed by atoms with van der Waals surface area (Å²) in [5.41, 5.74) is 3.60. The molecule has 3 aromatic rings. The number of alkyl carbamates (subject to hydrolysis) is 1. The number of rotatable bonds is 9.